The van der Waals surface area contributed by atoms with E-state index >= 15 is 0 Å². The molecule has 7 heteroatoms. The van der Waals surface area contributed by atoms with E-state index in [-0.39, 0.29) is 17.7 Å². The van der Waals surface area contributed by atoms with E-state index < -0.39 is 0 Å². The third-order valence-corrected chi connectivity index (χ3v) is 4.82. The van der Waals surface area contributed by atoms with Gasteiger partial charge in [-0.05, 0) is 44.0 Å². The van der Waals surface area contributed by atoms with Crippen molar-refractivity contribution in [3.63, 3.8) is 0 Å². The quantitative estimate of drug-likeness (QED) is 0.462. The fourth-order valence-corrected chi connectivity index (χ4v) is 3.06. The highest BCUT2D eigenvalue weighted by molar-refractivity contribution is 7.98. The Morgan fingerprint density at radius 1 is 1.08 bits per heavy atom. The number of aryl methyl sites for hydroxylation is 2. The molecule has 0 fully saturated rings. The summed E-state index contributed by atoms with van der Waals surface area (Å²) in [6.07, 6.45) is 0.720. The van der Waals surface area contributed by atoms with Crippen LogP contribution >= 0.6 is 11.8 Å². The highest BCUT2D eigenvalue weighted by Crippen LogP contribution is 2.20. The van der Waals surface area contributed by atoms with Gasteiger partial charge in [-0.25, -0.2) is 9.97 Å². The SMILES string of the molecule is CC[C@H](C)C(=O)NNC(=O)c1ccc(CSc2nc(C)cc(C)n2)cc1. The van der Waals surface area contributed by atoms with Crippen LogP contribution in [0.2, 0.25) is 0 Å². The minimum Gasteiger partial charge on any atom is -0.273 e. The summed E-state index contributed by atoms with van der Waals surface area (Å²) in [5.41, 5.74) is 8.34. The molecule has 0 radical (unpaired) electrons. The van der Waals surface area contributed by atoms with Crippen LogP contribution in [0.15, 0.2) is 35.5 Å². The van der Waals surface area contributed by atoms with Crippen LogP contribution < -0.4 is 10.9 Å². The average molecular weight is 372 g/mol. The van der Waals surface area contributed by atoms with Gasteiger partial charge in [0.15, 0.2) is 5.16 Å². The van der Waals surface area contributed by atoms with Crippen molar-refractivity contribution in [2.75, 3.05) is 0 Å². The van der Waals surface area contributed by atoms with Gasteiger partial charge in [0, 0.05) is 28.6 Å². The van der Waals surface area contributed by atoms with Gasteiger partial charge >= 0.3 is 0 Å². The maximum absolute atomic E-state index is 12.1. The van der Waals surface area contributed by atoms with Gasteiger partial charge in [0.05, 0.1) is 0 Å². The Hall–Kier alpha value is -2.41. The topological polar surface area (TPSA) is 84.0 Å². The lowest BCUT2D eigenvalue weighted by molar-refractivity contribution is -0.125. The molecule has 138 valence electrons. The predicted molar refractivity (Wildman–Crippen MR) is 103 cm³/mol. The third kappa shape index (κ3) is 5.84. The van der Waals surface area contributed by atoms with E-state index in [1.165, 1.54) is 0 Å². The number of nitrogens with zero attached hydrogens (tertiary/aromatic N) is 2. The van der Waals surface area contributed by atoms with Gasteiger partial charge < -0.3 is 0 Å². The van der Waals surface area contributed by atoms with Crippen molar-refractivity contribution < 1.29 is 9.59 Å². The van der Waals surface area contributed by atoms with Crippen molar-refractivity contribution in [1.82, 2.24) is 20.8 Å². The first kappa shape index (κ1) is 19.9. The Morgan fingerprint density at radius 2 is 1.69 bits per heavy atom. The summed E-state index contributed by atoms with van der Waals surface area (Å²) in [7, 11) is 0. The summed E-state index contributed by atoms with van der Waals surface area (Å²) in [6, 6.07) is 9.20. The Kier molecular flexibility index (Phi) is 7.15. The van der Waals surface area contributed by atoms with Crippen LogP contribution in [0, 0.1) is 19.8 Å². The molecule has 6 nitrogen and oxygen atoms in total. The summed E-state index contributed by atoms with van der Waals surface area (Å²) in [6.45, 7) is 7.64. The summed E-state index contributed by atoms with van der Waals surface area (Å²) in [5.74, 6) is 0.0539. The van der Waals surface area contributed by atoms with E-state index in [9.17, 15) is 9.59 Å². The molecule has 1 heterocycles. The van der Waals surface area contributed by atoms with Crippen molar-refractivity contribution >= 4 is 23.6 Å². The lowest BCUT2D eigenvalue weighted by Crippen LogP contribution is -2.43. The van der Waals surface area contributed by atoms with Crippen LogP contribution in [0.3, 0.4) is 0 Å². The molecule has 0 spiro atoms. The van der Waals surface area contributed by atoms with Crippen molar-refractivity contribution in [1.29, 1.82) is 0 Å². The molecular formula is C19H24N4O2S. The number of carbonyl (C=O) groups is 2. The van der Waals surface area contributed by atoms with E-state index in [1.807, 2.05) is 45.9 Å². The van der Waals surface area contributed by atoms with E-state index in [0.29, 0.717) is 5.56 Å². The first-order chi connectivity index (χ1) is 12.4. The number of hydrogen-bond donors (Lipinski definition) is 2. The highest BCUT2D eigenvalue weighted by Gasteiger charge is 2.12. The molecule has 0 unspecified atom stereocenters. The Balaban J connectivity index is 1.89. The zero-order valence-electron chi connectivity index (χ0n) is 15.5. The molecule has 26 heavy (non-hydrogen) atoms. The van der Waals surface area contributed by atoms with E-state index in [4.69, 9.17) is 0 Å². The number of carbonyl (C=O) groups excluding carboxylic acids is 2. The normalized spacial score (nSPS) is 11.7. The van der Waals surface area contributed by atoms with Crippen LogP contribution in [0.4, 0.5) is 0 Å². The first-order valence-electron chi connectivity index (χ1n) is 8.53. The van der Waals surface area contributed by atoms with Gasteiger partial charge in [0.2, 0.25) is 5.91 Å². The number of benzene rings is 1. The van der Waals surface area contributed by atoms with Gasteiger partial charge in [-0.1, -0.05) is 37.7 Å². The lowest BCUT2D eigenvalue weighted by Gasteiger charge is -2.11. The van der Waals surface area contributed by atoms with Crippen molar-refractivity contribution in [3.05, 3.63) is 52.8 Å². The highest BCUT2D eigenvalue weighted by atomic mass is 32.2. The molecule has 0 bridgehead atoms. The summed E-state index contributed by atoms with van der Waals surface area (Å²) >= 11 is 1.56. The van der Waals surface area contributed by atoms with Crippen LogP contribution in [0.5, 0.6) is 0 Å². The number of hydrogen-bond acceptors (Lipinski definition) is 5. The smallest absolute Gasteiger partial charge is 0.269 e. The molecule has 0 aliphatic carbocycles. The molecular weight excluding hydrogens is 348 g/mol. The maximum Gasteiger partial charge on any atom is 0.269 e. The fraction of sp³-hybridized carbons (Fsp3) is 0.368. The minimum absolute atomic E-state index is 0.137. The van der Waals surface area contributed by atoms with Gasteiger partial charge in [-0.15, -0.1) is 0 Å². The van der Waals surface area contributed by atoms with Crippen LogP contribution in [-0.4, -0.2) is 21.8 Å². The molecule has 1 atom stereocenters. The summed E-state index contributed by atoms with van der Waals surface area (Å²) in [4.78, 5) is 32.6. The number of aromatic nitrogens is 2. The molecule has 2 rings (SSSR count). The lowest BCUT2D eigenvalue weighted by atomic mass is 10.1. The number of thioether (sulfide) groups is 1. The second-order valence-corrected chi connectivity index (χ2v) is 7.11. The zero-order chi connectivity index (χ0) is 19.1. The number of rotatable bonds is 6. The van der Waals surface area contributed by atoms with Crippen LogP contribution in [-0.2, 0) is 10.5 Å². The molecule has 1 aromatic carbocycles. The monoisotopic (exact) mass is 372 g/mol. The molecule has 0 saturated heterocycles. The van der Waals surface area contributed by atoms with E-state index in [1.54, 1.807) is 23.9 Å². The fourth-order valence-electron chi connectivity index (χ4n) is 2.16. The number of amides is 2. The molecule has 0 aliphatic rings. The molecule has 2 amide bonds. The molecule has 2 N–H and O–H groups in total. The van der Waals surface area contributed by atoms with Crippen molar-refractivity contribution in [3.8, 4) is 0 Å². The largest absolute Gasteiger partial charge is 0.273 e. The second-order valence-electron chi connectivity index (χ2n) is 6.17. The Labute approximate surface area is 158 Å². The minimum atomic E-state index is -0.335. The first-order valence-corrected chi connectivity index (χ1v) is 9.51. The van der Waals surface area contributed by atoms with Gasteiger partial charge in [0.25, 0.3) is 5.91 Å². The third-order valence-electron chi connectivity index (χ3n) is 3.91. The maximum atomic E-state index is 12.1. The van der Waals surface area contributed by atoms with Crippen LogP contribution in [0.1, 0.15) is 47.6 Å². The van der Waals surface area contributed by atoms with Gasteiger partial charge in [0.1, 0.15) is 0 Å². The molecule has 1 aromatic heterocycles. The van der Waals surface area contributed by atoms with Crippen LogP contribution in [0.25, 0.3) is 0 Å². The Bertz CT molecular complexity index is 757. The number of nitrogens with one attached hydrogen (secondary N) is 2. The standard InChI is InChI=1S/C19H24N4O2S/c1-5-12(2)17(24)22-23-18(25)16-8-6-15(7-9-16)11-26-19-20-13(3)10-14(4)21-19/h6-10,12H,5,11H2,1-4H3,(H,22,24)(H,23,25)/t12-/m0/s1. The zero-order valence-corrected chi connectivity index (χ0v) is 16.3. The average Bonchev–Trinajstić information content (AvgIpc) is 2.63. The van der Waals surface area contributed by atoms with Gasteiger partial charge in [-0.3, -0.25) is 20.4 Å². The molecule has 0 aliphatic heterocycles. The van der Waals surface area contributed by atoms with E-state index in [0.717, 1.165) is 34.3 Å². The molecule has 0 saturated carbocycles. The number of hydrazine groups is 1. The predicted octanol–water partition coefficient (Wildman–Crippen LogP) is 3.19. The summed E-state index contributed by atoms with van der Waals surface area (Å²) < 4.78 is 0. The van der Waals surface area contributed by atoms with E-state index in [2.05, 4.69) is 20.8 Å². The molecule has 2 aromatic rings. The summed E-state index contributed by atoms with van der Waals surface area (Å²) in [5, 5.41) is 0.747. The van der Waals surface area contributed by atoms with Crippen molar-refractivity contribution in [2.24, 2.45) is 5.92 Å². The van der Waals surface area contributed by atoms with Gasteiger partial charge in [-0.2, -0.15) is 0 Å². The second kappa shape index (κ2) is 9.33. The Morgan fingerprint density at radius 3 is 2.27 bits per heavy atom. The van der Waals surface area contributed by atoms with Crippen molar-refractivity contribution in [2.45, 2.75) is 45.0 Å².